The first-order chi connectivity index (χ1) is 26.1. The molecule has 0 radical (unpaired) electrons. The predicted octanol–water partition coefficient (Wildman–Crippen LogP) is 6.57. The quantitative estimate of drug-likeness (QED) is 0.0307. The Morgan fingerprint density at radius 2 is 0.661 bits per heavy atom. The molecular weight excluding hydrogens is 720 g/mol. The van der Waals surface area contributed by atoms with Crippen molar-refractivity contribution in [2.75, 3.05) is 39.6 Å². The average Bonchev–Trinajstić information content (AvgIpc) is 3.15. The van der Waals surface area contributed by atoms with Gasteiger partial charge in [0.2, 0.25) is 0 Å². The number of hydrogen-bond donors (Lipinski definition) is 6. The number of aliphatic hydroxyl groups excluding tert-OH is 6. The third-order valence-corrected chi connectivity index (χ3v) is 7.84. The number of hydrogen-bond acceptors (Lipinski definition) is 12. The van der Waals surface area contributed by atoms with Crippen molar-refractivity contribution in [2.45, 2.75) is 98.5 Å². The van der Waals surface area contributed by atoms with Gasteiger partial charge in [-0.15, -0.1) is 0 Å². The lowest BCUT2D eigenvalue weighted by atomic mass is 9.79. The molecule has 6 N–H and O–H groups in total. The maximum atomic E-state index is 10.1. The van der Waals surface area contributed by atoms with Crippen LogP contribution in [-0.2, 0) is 28.4 Å². The summed E-state index contributed by atoms with van der Waals surface area (Å²) in [6.45, 7) is 40.0. The molecule has 0 saturated heterocycles. The van der Waals surface area contributed by atoms with Crippen LogP contribution in [0.1, 0.15) is 71.9 Å². The Morgan fingerprint density at radius 1 is 0.446 bits per heavy atom. The molecular formula is C44H70O12. The summed E-state index contributed by atoms with van der Waals surface area (Å²) in [5.41, 5.74) is 4.61. The van der Waals surface area contributed by atoms with Crippen LogP contribution in [-0.4, -0.2) is 108 Å². The number of ether oxygens (including phenoxy) is 6. The fourth-order valence-corrected chi connectivity index (χ4v) is 3.95. The molecule has 0 fully saturated rings. The van der Waals surface area contributed by atoms with Gasteiger partial charge >= 0.3 is 0 Å². The predicted molar refractivity (Wildman–Crippen MR) is 224 cm³/mol. The summed E-state index contributed by atoms with van der Waals surface area (Å²) < 4.78 is 31.8. The number of aliphatic hydroxyl groups is 6. The minimum Gasteiger partial charge on any atom is -0.364 e. The van der Waals surface area contributed by atoms with Crippen LogP contribution in [0.4, 0.5) is 0 Å². The molecule has 6 atom stereocenters. The first kappa shape index (κ1) is 54.8. The van der Waals surface area contributed by atoms with E-state index in [0.717, 1.165) is 11.1 Å². The fourth-order valence-electron chi connectivity index (χ4n) is 3.95. The molecule has 12 nitrogen and oxygen atoms in total. The zero-order chi connectivity index (χ0) is 43.4. The van der Waals surface area contributed by atoms with Crippen molar-refractivity contribution < 1.29 is 59.1 Å². The molecule has 1 aromatic carbocycles. The lowest BCUT2D eigenvalue weighted by Crippen LogP contribution is -2.35. The SMILES string of the molecule is C=C(C)C(O)OCCC(CCOC(O)C(=C)C)(CCOC(O)C(=C)C)COC(O)C(=C)C.C=C(C)C(O)OCCOC(O)C(=C)C.C=Cc1ccc(C=C)cc1. The summed E-state index contributed by atoms with van der Waals surface area (Å²) in [5.74, 6) is 0. The van der Waals surface area contributed by atoms with E-state index in [1.54, 1.807) is 41.5 Å². The van der Waals surface area contributed by atoms with E-state index in [0.29, 0.717) is 52.7 Å². The van der Waals surface area contributed by atoms with E-state index in [1.807, 2.05) is 36.4 Å². The van der Waals surface area contributed by atoms with Gasteiger partial charge in [-0.2, -0.15) is 0 Å². The Hall–Kier alpha value is -3.34. The third kappa shape index (κ3) is 26.5. The van der Waals surface area contributed by atoms with Crippen LogP contribution in [0.5, 0.6) is 0 Å². The molecule has 0 amide bonds. The van der Waals surface area contributed by atoms with Gasteiger partial charge in [0.1, 0.15) is 0 Å². The van der Waals surface area contributed by atoms with Crippen LogP contribution in [0.2, 0.25) is 0 Å². The van der Waals surface area contributed by atoms with Crippen LogP contribution >= 0.6 is 0 Å². The minimum atomic E-state index is -1.15. The number of benzene rings is 1. The molecule has 1 aromatic rings. The summed E-state index contributed by atoms with van der Waals surface area (Å²) in [6.07, 6.45) is -1.49. The molecule has 0 aliphatic rings. The highest BCUT2D eigenvalue weighted by Gasteiger charge is 2.32. The molecule has 0 aliphatic carbocycles. The molecule has 0 aromatic heterocycles. The van der Waals surface area contributed by atoms with E-state index in [2.05, 4.69) is 52.6 Å². The molecule has 0 heterocycles. The Kier molecular flexibility index (Phi) is 30.1. The van der Waals surface area contributed by atoms with Crippen molar-refractivity contribution in [1.82, 2.24) is 0 Å². The van der Waals surface area contributed by atoms with Gasteiger partial charge in [-0.05, 0) is 105 Å². The van der Waals surface area contributed by atoms with Gasteiger partial charge in [0.05, 0.1) is 39.6 Å². The zero-order valence-electron chi connectivity index (χ0n) is 34.6. The summed E-state index contributed by atoms with van der Waals surface area (Å²) in [4.78, 5) is 0. The molecule has 0 aliphatic heterocycles. The molecule has 0 saturated carbocycles. The second-order valence-electron chi connectivity index (χ2n) is 13.7. The highest BCUT2D eigenvalue weighted by molar-refractivity contribution is 5.53. The first-order valence-corrected chi connectivity index (χ1v) is 18.2. The Bertz CT molecular complexity index is 1240. The Labute approximate surface area is 335 Å². The van der Waals surface area contributed by atoms with Crippen LogP contribution in [0.3, 0.4) is 0 Å². The van der Waals surface area contributed by atoms with Crippen LogP contribution in [0.15, 0.2) is 110 Å². The van der Waals surface area contributed by atoms with Crippen molar-refractivity contribution in [3.05, 3.63) is 121 Å². The van der Waals surface area contributed by atoms with Crippen molar-refractivity contribution >= 4 is 12.2 Å². The van der Waals surface area contributed by atoms with Crippen molar-refractivity contribution in [1.29, 1.82) is 0 Å². The van der Waals surface area contributed by atoms with E-state index in [1.165, 1.54) is 0 Å². The van der Waals surface area contributed by atoms with Crippen molar-refractivity contribution in [3.63, 3.8) is 0 Å². The van der Waals surface area contributed by atoms with Gasteiger partial charge in [0.15, 0.2) is 37.7 Å². The van der Waals surface area contributed by atoms with Crippen molar-refractivity contribution in [2.24, 2.45) is 5.41 Å². The standard InChI is InChI=1S/C24H42O8.C10H18O4.C10H10/c1-16(2)20(25)29-12-9-24(15-32-23(28)19(7)8,10-13-30-21(26)17(3)4)11-14-31-22(27)18(5)6;1-7(2)9(11)13-5-6-14-10(12)8(3)4;1-3-9-5-7-10(4-2)8-6-9/h20-23,25-28H,1,3,5,7,9-15H2,2,4,6,8H3;9-12H,1,3,5-6H2,2,4H3;3-8H,1-2H2. The second kappa shape index (κ2) is 30.8. The minimum absolute atomic E-state index is 0.104. The third-order valence-electron chi connectivity index (χ3n) is 7.84. The van der Waals surface area contributed by atoms with Gasteiger partial charge < -0.3 is 59.1 Å². The lowest BCUT2D eigenvalue weighted by Gasteiger charge is -2.35. The Balaban J connectivity index is 0. The van der Waals surface area contributed by atoms with Gasteiger partial charge in [0, 0.05) is 5.41 Å². The normalized spacial score (nSPS) is 15.1. The largest absolute Gasteiger partial charge is 0.364 e. The molecule has 318 valence electrons. The highest BCUT2D eigenvalue weighted by atomic mass is 16.6. The summed E-state index contributed by atoms with van der Waals surface area (Å²) in [7, 11) is 0. The summed E-state index contributed by atoms with van der Waals surface area (Å²) in [6, 6.07) is 8.07. The molecule has 1 rings (SSSR count). The highest BCUT2D eigenvalue weighted by Crippen LogP contribution is 2.33. The lowest BCUT2D eigenvalue weighted by molar-refractivity contribution is -0.141. The van der Waals surface area contributed by atoms with Gasteiger partial charge in [-0.3, -0.25) is 0 Å². The van der Waals surface area contributed by atoms with E-state index in [4.69, 9.17) is 38.6 Å². The topological polar surface area (TPSA) is 177 Å². The first-order valence-electron chi connectivity index (χ1n) is 18.2. The zero-order valence-corrected chi connectivity index (χ0v) is 34.6. The molecule has 0 spiro atoms. The molecule has 12 heteroatoms. The average molecular weight is 791 g/mol. The van der Waals surface area contributed by atoms with Gasteiger partial charge in [-0.1, -0.05) is 89.0 Å². The van der Waals surface area contributed by atoms with Crippen LogP contribution < -0.4 is 0 Å². The van der Waals surface area contributed by atoms with Gasteiger partial charge in [0.25, 0.3) is 0 Å². The van der Waals surface area contributed by atoms with E-state index in [-0.39, 0.29) is 39.6 Å². The smallest absolute Gasteiger partial charge is 0.176 e. The molecule has 0 bridgehead atoms. The monoisotopic (exact) mass is 790 g/mol. The Morgan fingerprint density at radius 3 is 0.875 bits per heavy atom. The van der Waals surface area contributed by atoms with E-state index >= 15 is 0 Å². The fraction of sp³-hybridized carbons (Fsp3) is 0.500. The maximum absolute atomic E-state index is 10.1. The van der Waals surface area contributed by atoms with Crippen molar-refractivity contribution in [3.8, 4) is 0 Å². The number of rotatable bonds is 28. The van der Waals surface area contributed by atoms with E-state index in [9.17, 15) is 20.4 Å². The second-order valence-corrected chi connectivity index (χ2v) is 13.7. The van der Waals surface area contributed by atoms with Crippen LogP contribution in [0, 0.1) is 5.41 Å². The van der Waals surface area contributed by atoms with Crippen LogP contribution in [0.25, 0.3) is 12.2 Å². The molecule has 6 unspecified atom stereocenters. The van der Waals surface area contributed by atoms with E-state index < -0.39 is 43.2 Å². The summed E-state index contributed by atoms with van der Waals surface area (Å²) >= 11 is 0. The molecule has 56 heavy (non-hydrogen) atoms. The summed E-state index contributed by atoms with van der Waals surface area (Å²) in [5, 5.41) is 58.0. The maximum Gasteiger partial charge on any atom is 0.176 e. The van der Waals surface area contributed by atoms with Gasteiger partial charge in [-0.25, -0.2) is 0 Å².